The van der Waals surface area contributed by atoms with Crippen molar-refractivity contribution in [3.05, 3.63) is 63.2 Å². The van der Waals surface area contributed by atoms with E-state index in [0.29, 0.717) is 6.54 Å². The van der Waals surface area contributed by atoms with Gasteiger partial charge in [0.25, 0.3) is 5.91 Å². The van der Waals surface area contributed by atoms with Crippen LogP contribution in [0.2, 0.25) is 0 Å². The van der Waals surface area contributed by atoms with Gasteiger partial charge in [0.05, 0.1) is 4.88 Å². The fourth-order valence-corrected chi connectivity index (χ4v) is 3.41. The predicted octanol–water partition coefficient (Wildman–Crippen LogP) is 3.03. The Kier molecular flexibility index (Phi) is 3.94. The van der Waals surface area contributed by atoms with Gasteiger partial charge < -0.3 is 5.32 Å². The molecule has 0 saturated heterocycles. The molecule has 20 heavy (non-hydrogen) atoms. The minimum atomic E-state index is -0.0336. The van der Waals surface area contributed by atoms with Gasteiger partial charge in [0.2, 0.25) is 0 Å². The van der Waals surface area contributed by atoms with Crippen LogP contribution in [0, 0.1) is 0 Å². The lowest BCUT2D eigenvalue weighted by Gasteiger charge is -2.16. The molecular formula is C14H13N3OS2. The molecule has 1 amide bonds. The van der Waals surface area contributed by atoms with E-state index < -0.39 is 0 Å². The van der Waals surface area contributed by atoms with Crippen LogP contribution in [0.15, 0.2) is 53.5 Å². The molecule has 3 aromatic rings. The largest absolute Gasteiger partial charge is 0.349 e. The monoisotopic (exact) mass is 303 g/mol. The second-order valence-corrected chi connectivity index (χ2v) is 6.13. The second kappa shape index (κ2) is 6.02. The summed E-state index contributed by atoms with van der Waals surface area (Å²) in [7, 11) is 0. The quantitative estimate of drug-likeness (QED) is 0.787. The van der Waals surface area contributed by atoms with E-state index in [1.165, 1.54) is 16.2 Å². The van der Waals surface area contributed by atoms with Gasteiger partial charge in [0.1, 0.15) is 6.04 Å². The van der Waals surface area contributed by atoms with Crippen LogP contribution in [0.4, 0.5) is 0 Å². The third kappa shape index (κ3) is 2.81. The number of carbonyl (C=O) groups excluding carboxylic acids is 1. The molecule has 3 heterocycles. The van der Waals surface area contributed by atoms with Crippen molar-refractivity contribution in [2.75, 3.05) is 6.54 Å². The lowest BCUT2D eigenvalue weighted by atomic mass is 10.2. The molecule has 0 aliphatic heterocycles. The molecule has 1 unspecified atom stereocenters. The highest BCUT2D eigenvalue weighted by atomic mass is 32.1. The molecule has 4 nitrogen and oxygen atoms in total. The van der Waals surface area contributed by atoms with Crippen LogP contribution in [0.25, 0.3) is 0 Å². The van der Waals surface area contributed by atoms with E-state index in [-0.39, 0.29) is 11.9 Å². The molecule has 0 spiro atoms. The summed E-state index contributed by atoms with van der Waals surface area (Å²) in [6.07, 6.45) is 3.67. The number of carbonyl (C=O) groups is 1. The van der Waals surface area contributed by atoms with E-state index in [4.69, 9.17) is 0 Å². The minimum Gasteiger partial charge on any atom is -0.349 e. The van der Waals surface area contributed by atoms with Crippen LogP contribution in [-0.4, -0.2) is 22.2 Å². The summed E-state index contributed by atoms with van der Waals surface area (Å²) in [5.41, 5.74) is 0. The number of amides is 1. The molecule has 3 aromatic heterocycles. The normalized spacial score (nSPS) is 12.2. The molecular weight excluding hydrogens is 290 g/mol. The first kappa shape index (κ1) is 13.1. The van der Waals surface area contributed by atoms with E-state index in [2.05, 4.69) is 16.5 Å². The number of hydrogen-bond donors (Lipinski definition) is 1. The Labute approximate surface area is 124 Å². The lowest BCUT2D eigenvalue weighted by Crippen LogP contribution is -2.30. The number of rotatable bonds is 5. The zero-order valence-corrected chi connectivity index (χ0v) is 12.2. The van der Waals surface area contributed by atoms with Gasteiger partial charge in [-0.3, -0.25) is 9.48 Å². The van der Waals surface area contributed by atoms with E-state index in [1.807, 2.05) is 45.9 Å². The molecule has 6 heteroatoms. The Morgan fingerprint density at radius 1 is 1.25 bits per heavy atom. The fraction of sp³-hybridized carbons (Fsp3) is 0.143. The summed E-state index contributed by atoms with van der Waals surface area (Å²) < 4.78 is 1.88. The van der Waals surface area contributed by atoms with Gasteiger partial charge in [-0.2, -0.15) is 5.10 Å². The maximum absolute atomic E-state index is 12.0. The van der Waals surface area contributed by atoms with Crippen LogP contribution in [0.3, 0.4) is 0 Å². The third-order valence-corrected chi connectivity index (χ3v) is 4.76. The van der Waals surface area contributed by atoms with Crippen molar-refractivity contribution in [1.82, 2.24) is 15.1 Å². The zero-order valence-electron chi connectivity index (χ0n) is 10.6. The SMILES string of the molecule is O=C(NCC(c1cccs1)n1cccn1)c1cccs1. The van der Waals surface area contributed by atoms with Gasteiger partial charge in [-0.1, -0.05) is 12.1 Å². The Morgan fingerprint density at radius 2 is 2.10 bits per heavy atom. The van der Waals surface area contributed by atoms with Crippen molar-refractivity contribution in [2.24, 2.45) is 0 Å². The molecule has 0 saturated carbocycles. The summed E-state index contributed by atoms with van der Waals surface area (Å²) >= 11 is 3.11. The summed E-state index contributed by atoms with van der Waals surface area (Å²) in [6.45, 7) is 0.527. The number of thiophene rings is 2. The van der Waals surface area contributed by atoms with Crippen molar-refractivity contribution < 1.29 is 4.79 Å². The Hall–Kier alpha value is -1.92. The summed E-state index contributed by atoms with van der Waals surface area (Å²) in [6, 6.07) is 9.71. The summed E-state index contributed by atoms with van der Waals surface area (Å²) in [4.78, 5) is 13.9. The van der Waals surface area contributed by atoms with E-state index in [1.54, 1.807) is 17.5 Å². The second-order valence-electron chi connectivity index (χ2n) is 4.20. The Morgan fingerprint density at radius 3 is 2.75 bits per heavy atom. The standard InChI is InChI=1S/C14H13N3OS2/c18-14(13-5-2-9-20-13)15-10-11(12-4-1-8-19-12)17-7-3-6-16-17/h1-9,11H,10H2,(H,15,18). The molecule has 0 radical (unpaired) electrons. The lowest BCUT2D eigenvalue weighted by molar-refractivity contribution is 0.0953. The Balaban J connectivity index is 1.73. The average Bonchev–Trinajstić information content (AvgIpc) is 3.22. The van der Waals surface area contributed by atoms with Gasteiger partial charge in [-0.25, -0.2) is 0 Å². The van der Waals surface area contributed by atoms with Crippen LogP contribution < -0.4 is 5.32 Å². The number of hydrogen-bond acceptors (Lipinski definition) is 4. The van der Waals surface area contributed by atoms with Crippen molar-refractivity contribution in [3.8, 4) is 0 Å². The maximum atomic E-state index is 12.0. The van der Waals surface area contributed by atoms with Crippen LogP contribution in [0.1, 0.15) is 20.6 Å². The van der Waals surface area contributed by atoms with Gasteiger partial charge in [-0.05, 0) is 29.0 Å². The highest BCUT2D eigenvalue weighted by Crippen LogP contribution is 2.22. The van der Waals surface area contributed by atoms with Crippen molar-refractivity contribution in [2.45, 2.75) is 6.04 Å². The van der Waals surface area contributed by atoms with E-state index in [9.17, 15) is 4.79 Å². The molecule has 1 atom stereocenters. The molecule has 0 aliphatic carbocycles. The number of aromatic nitrogens is 2. The first-order valence-corrected chi connectivity index (χ1v) is 7.95. The van der Waals surface area contributed by atoms with Gasteiger partial charge >= 0.3 is 0 Å². The molecule has 0 bridgehead atoms. The number of nitrogens with one attached hydrogen (secondary N) is 1. The van der Waals surface area contributed by atoms with Gasteiger partial charge in [0, 0.05) is 23.8 Å². The molecule has 3 rings (SSSR count). The summed E-state index contributed by atoms with van der Waals surface area (Å²) in [5.74, 6) is -0.0336. The van der Waals surface area contributed by atoms with E-state index in [0.717, 1.165) is 4.88 Å². The van der Waals surface area contributed by atoms with Crippen LogP contribution in [0.5, 0.6) is 0 Å². The molecule has 102 valence electrons. The zero-order chi connectivity index (χ0) is 13.8. The van der Waals surface area contributed by atoms with Crippen LogP contribution >= 0.6 is 22.7 Å². The minimum absolute atomic E-state index is 0.0336. The highest BCUT2D eigenvalue weighted by Gasteiger charge is 2.17. The Bertz CT molecular complexity index is 610. The first-order valence-electron chi connectivity index (χ1n) is 6.19. The molecule has 0 fully saturated rings. The highest BCUT2D eigenvalue weighted by molar-refractivity contribution is 7.12. The first-order chi connectivity index (χ1) is 9.84. The molecule has 0 aliphatic rings. The predicted molar refractivity (Wildman–Crippen MR) is 81.3 cm³/mol. The average molecular weight is 303 g/mol. The third-order valence-electron chi connectivity index (χ3n) is 2.92. The fourth-order valence-electron chi connectivity index (χ4n) is 1.95. The topological polar surface area (TPSA) is 46.9 Å². The van der Waals surface area contributed by atoms with Crippen molar-refractivity contribution >= 4 is 28.6 Å². The molecule has 0 aromatic carbocycles. The molecule has 1 N–H and O–H groups in total. The van der Waals surface area contributed by atoms with Crippen molar-refractivity contribution in [3.63, 3.8) is 0 Å². The van der Waals surface area contributed by atoms with Crippen molar-refractivity contribution in [1.29, 1.82) is 0 Å². The number of nitrogens with zero attached hydrogens (tertiary/aromatic N) is 2. The van der Waals surface area contributed by atoms with E-state index >= 15 is 0 Å². The smallest absolute Gasteiger partial charge is 0.261 e. The van der Waals surface area contributed by atoms with Gasteiger partial charge in [0.15, 0.2) is 0 Å². The van der Waals surface area contributed by atoms with Gasteiger partial charge in [-0.15, -0.1) is 22.7 Å². The van der Waals surface area contributed by atoms with Crippen LogP contribution in [-0.2, 0) is 0 Å². The maximum Gasteiger partial charge on any atom is 0.261 e. The summed E-state index contributed by atoms with van der Waals surface area (Å²) in [5, 5.41) is 11.2.